The Balaban J connectivity index is 2.03. The van der Waals surface area contributed by atoms with Crippen molar-refractivity contribution >= 4 is 24.8 Å². The second-order valence-electron chi connectivity index (χ2n) is 5.99. The molecule has 0 saturated carbocycles. The Hall–Kier alpha value is -1.89. The molecule has 1 aliphatic heterocycles. The highest BCUT2D eigenvalue weighted by atomic mass is 31.2. The zero-order valence-corrected chi connectivity index (χ0v) is 14.1. The molecule has 3 heterocycles. The number of ether oxygens (including phenoxy) is 1. The maximum atomic E-state index is 15.0. The lowest BCUT2D eigenvalue weighted by Crippen LogP contribution is -2.46. The maximum Gasteiger partial charge on any atom is 0.469 e. The van der Waals surface area contributed by atoms with Crippen molar-refractivity contribution in [3.05, 3.63) is 22.6 Å². The molecule has 0 spiro atoms. The molecule has 1 saturated heterocycles. The third-order valence-corrected chi connectivity index (χ3v) is 4.48. The number of rotatable bonds is 4. The Labute approximate surface area is 143 Å². The zero-order valence-electron chi connectivity index (χ0n) is 13.2. The van der Waals surface area contributed by atoms with Crippen LogP contribution in [0.15, 0.2) is 17.1 Å². The van der Waals surface area contributed by atoms with E-state index in [0.717, 1.165) is 11.5 Å². The standard InChI is InChI=1S/C12H15F2N4O7P/c1-11(13)8(20)12(14,4-24-26(21,22)23)25-9(11)18-3-2-5-6(18)16-10(15)17-7(5)19/h2-3,8-9,20H,4H2,1H3,(H2,21,22,23)(H3,15,16,17,19)/t8-,9+,11+,12+/m0/s1. The van der Waals surface area contributed by atoms with Gasteiger partial charge in [-0.25, -0.2) is 13.3 Å². The molecular weight excluding hydrogens is 381 g/mol. The summed E-state index contributed by atoms with van der Waals surface area (Å²) in [5, 5.41) is 10.00. The van der Waals surface area contributed by atoms with E-state index in [-0.39, 0.29) is 17.0 Å². The number of aliphatic hydroxyl groups excluding tert-OH is 1. The van der Waals surface area contributed by atoms with Crippen LogP contribution < -0.4 is 11.3 Å². The average Bonchev–Trinajstić information content (AvgIpc) is 2.99. The number of alkyl halides is 2. The summed E-state index contributed by atoms with van der Waals surface area (Å²) in [5.74, 6) is -3.54. The second-order valence-corrected chi connectivity index (χ2v) is 7.22. The van der Waals surface area contributed by atoms with E-state index in [1.165, 1.54) is 12.3 Å². The molecule has 26 heavy (non-hydrogen) atoms. The minimum Gasteiger partial charge on any atom is -0.384 e. The van der Waals surface area contributed by atoms with Gasteiger partial charge in [0.15, 0.2) is 23.6 Å². The number of nitrogens with zero attached hydrogens (tertiary/aromatic N) is 2. The van der Waals surface area contributed by atoms with Crippen LogP contribution >= 0.6 is 7.82 Å². The molecule has 0 aromatic carbocycles. The monoisotopic (exact) mass is 396 g/mol. The summed E-state index contributed by atoms with van der Waals surface area (Å²) in [6.45, 7) is -0.604. The molecular formula is C12H15F2N4O7P. The fourth-order valence-electron chi connectivity index (χ4n) is 2.78. The Kier molecular flexibility index (Phi) is 4.22. The van der Waals surface area contributed by atoms with Crippen molar-refractivity contribution in [2.45, 2.75) is 30.8 Å². The van der Waals surface area contributed by atoms with E-state index in [2.05, 4.69) is 14.5 Å². The Morgan fingerprint density at radius 3 is 2.81 bits per heavy atom. The number of nitrogen functional groups attached to an aromatic ring is 1. The van der Waals surface area contributed by atoms with E-state index in [1.54, 1.807) is 0 Å². The van der Waals surface area contributed by atoms with Crippen molar-refractivity contribution in [1.29, 1.82) is 0 Å². The number of phosphoric ester groups is 1. The van der Waals surface area contributed by atoms with Gasteiger partial charge in [0.25, 0.3) is 11.4 Å². The number of nitrogens with one attached hydrogen (secondary N) is 1. The third-order valence-electron chi connectivity index (χ3n) is 4.02. The molecule has 0 unspecified atom stereocenters. The molecule has 144 valence electrons. The number of aromatic nitrogens is 3. The average molecular weight is 396 g/mol. The van der Waals surface area contributed by atoms with Crippen LogP contribution in [0.5, 0.6) is 0 Å². The van der Waals surface area contributed by atoms with E-state index in [0.29, 0.717) is 0 Å². The van der Waals surface area contributed by atoms with E-state index in [9.17, 15) is 18.9 Å². The molecule has 0 aliphatic carbocycles. The predicted molar refractivity (Wildman–Crippen MR) is 82.2 cm³/mol. The molecule has 2 aromatic heterocycles. The Bertz CT molecular complexity index is 957. The number of anilines is 1. The van der Waals surface area contributed by atoms with Gasteiger partial charge in [-0.05, 0) is 13.0 Å². The SMILES string of the molecule is C[C@]1(F)[C@H](n2ccc3c(=O)[nH]c(N)nc32)O[C@](F)(COP(=O)(O)O)[C@H]1O. The highest BCUT2D eigenvalue weighted by Crippen LogP contribution is 2.50. The first-order valence-corrected chi connectivity index (χ1v) is 8.68. The molecule has 1 aliphatic rings. The molecule has 14 heteroatoms. The molecule has 2 aromatic rings. The highest BCUT2D eigenvalue weighted by molar-refractivity contribution is 7.46. The summed E-state index contributed by atoms with van der Waals surface area (Å²) >= 11 is 0. The van der Waals surface area contributed by atoms with Crippen molar-refractivity contribution in [1.82, 2.24) is 14.5 Å². The van der Waals surface area contributed by atoms with Gasteiger partial charge < -0.3 is 29.9 Å². The van der Waals surface area contributed by atoms with Gasteiger partial charge in [0.05, 0.1) is 5.39 Å². The third kappa shape index (κ3) is 3.02. The van der Waals surface area contributed by atoms with Crippen LogP contribution in [0.25, 0.3) is 11.0 Å². The number of aliphatic hydroxyl groups is 1. The summed E-state index contributed by atoms with van der Waals surface area (Å²) in [6.07, 6.45) is -3.10. The van der Waals surface area contributed by atoms with Crippen LogP contribution in [-0.2, 0) is 13.8 Å². The largest absolute Gasteiger partial charge is 0.469 e. The van der Waals surface area contributed by atoms with E-state index < -0.39 is 43.8 Å². The quantitative estimate of drug-likeness (QED) is 0.435. The number of fused-ring (bicyclic) bond motifs is 1. The molecule has 11 nitrogen and oxygen atoms in total. The minimum atomic E-state index is -5.10. The lowest BCUT2D eigenvalue weighted by molar-refractivity contribution is -0.203. The Morgan fingerprint density at radius 2 is 2.19 bits per heavy atom. The number of hydrogen-bond acceptors (Lipinski definition) is 7. The van der Waals surface area contributed by atoms with Crippen molar-refractivity contribution in [2.75, 3.05) is 12.3 Å². The first-order valence-electron chi connectivity index (χ1n) is 7.15. The normalized spacial score (nSPS) is 32.4. The van der Waals surface area contributed by atoms with Gasteiger partial charge in [-0.15, -0.1) is 0 Å². The van der Waals surface area contributed by atoms with Crippen LogP contribution in [0.3, 0.4) is 0 Å². The number of H-pyrrole nitrogens is 1. The second kappa shape index (κ2) is 5.81. The van der Waals surface area contributed by atoms with Crippen LogP contribution in [0.2, 0.25) is 0 Å². The van der Waals surface area contributed by atoms with E-state index in [4.69, 9.17) is 20.3 Å². The lowest BCUT2D eigenvalue weighted by atomic mass is 9.97. The number of halogens is 2. The molecule has 0 radical (unpaired) electrons. The van der Waals surface area contributed by atoms with Crippen molar-refractivity contribution in [2.24, 2.45) is 0 Å². The Morgan fingerprint density at radius 1 is 1.54 bits per heavy atom. The number of phosphoric acid groups is 1. The van der Waals surface area contributed by atoms with E-state index >= 15 is 4.39 Å². The molecule has 1 fully saturated rings. The first-order chi connectivity index (χ1) is 11.8. The van der Waals surface area contributed by atoms with E-state index in [1.807, 2.05) is 0 Å². The van der Waals surface area contributed by atoms with Gasteiger partial charge in [-0.2, -0.15) is 4.98 Å². The molecule has 0 bridgehead atoms. The topological polar surface area (TPSA) is 173 Å². The predicted octanol–water partition coefficient (Wildman–Crippen LogP) is -0.300. The van der Waals surface area contributed by atoms with Gasteiger partial charge in [0, 0.05) is 6.20 Å². The zero-order chi connectivity index (χ0) is 19.5. The van der Waals surface area contributed by atoms with Gasteiger partial charge in [-0.3, -0.25) is 14.3 Å². The molecule has 3 rings (SSSR count). The molecule has 4 atom stereocenters. The minimum absolute atomic E-state index is 0.0101. The van der Waals surface area contributed by atoms with Crippen LogP contribution in [0, 0.1) is 0 Å². The van der Waals surface area contributed by atoms with Gasteiger partial charge in [-0.1, -0.05) is 0 Å². The van der Waals surface area contributed by atoms with Crippen LogP contribution in [0.1, 0.15) is 13.2 Å². The molecule has 6 N–H and O–H groups in total. The number of aromatic amines is 1. The van der Waals surface area contributed by atoms with Crippen molar-refractivity contribution < 1.29 is 37.5 Å². The van der Waals surface area contributed by atoms with Crippen molar-refractivity contribution in [3.8, 4) is 0 Å². The van der Waals surface area contributed by atoms with Crippen LogP contribution in [0.4, 0.5) is 14.7 Å². The number of nitrogens with two attached hydrogens (primary N) is 1. The summed E-state index contributed by atoms with van der Waals surface area (Å²) < 4.78 is 50.5. The fraction of sp³-hybridized carbons (Fsp3) is 0.500. The van der Waals surface area contributed by atoms with Gasteiger partial charge in [0.1, 0.15) is 6.61 Å². The first kappa shape index (κ1) is 18.9. The summed E-state index contributed by atoms with van der Waals surface area (Å²) in [6, 6.07) is 1.26. The smallest absolute Gasteiger partial charge is 0.384 e. The van der Waals surface area contributed by atoms with Crippen molar-refractivity contribution in [3.63, 3.8) is 0 Å². The lowest BCUT2D eigenvalue weighted by Gasteiger charge is -2.25. The summed E-state index contributed by atoms with van der Waals surface area (Å²) in [5.41, 5.74) is 1.93. The highest BCUT2D eigenvalue weighted by Gasteiger charge is 2.65. The maximum absolute atomic E-state index is 15.0. The van der Waals surface area contributed by atoms with Gasteiger partial charge >= 0.3 is 7.82 Å². The summed E-state index contributed by atoms with van der Waals surface area (Å²) in [4.78, 5) is 35.3. The van der Waals surface area contributed by atoms with Crippen LogP contribution in [-0.4, -0.2) is 53.7 Å². The summed E-state index contributed by atoms with van der Waals surface area (Å²) in [7, 11) is -5.10. The molecule has 0 amide bonds. The number of hydrogen-bond donors (Lipinski definition) is 5. The van der Waals surface area contributed by atoms with Gasteiger partial charge in [0.2, 0.25) is 5.95 Å². The fourth-order valence-corrected chi connectivity index (χ4v) is 3.13.